The van der Waals surface area contributed by atoms with Gasteiger partial charge < -0.3 is 0 Å². The van der Waals surface area contributed by atoms with E-state index in [1.165, 1.54) is 0 Å². The summed E-state index contributed by atoms with van der Waals surface area (Å²) in [7, 11) is 0. The lowest BCUT2D eigenvalue weighted by Gasteiger charge is -2.16. The number of rotatable bonds is 1. The fraction of sp³-hybridized carbons (Fsp3) is 0.889. The zero-order chi connectivity index (χ0) is 9.12. The van der Waals surface area contributed by atoms with Crippen LogP contribution < -0.4 is 0 Å². The van der Waals surface area contributed by atoms with Crippen LogP contribution in [0, 0.1) is 0 Å². The summed E-state index contributed by atoms with van der Waals surface area (Å²) in [6.07, 6.45) is 0. The second kappa shape index (κ2) is 3.61. The summed E-state index contributed by atoms with van der Waals surface area (Å²) < 4.78 is 0.286. The molecule has 0 unspecified atom stereocenters. The molecule has 0 aliphatic rings. The highest BCUT2D eigenvalue weighted by Gasteiger charge is 2.10. The van der Waals surface area contributed by atoms with Crippen molar-refractivity contribution in [2.24, 2.45) is 4.99 Å². The van der Waals surface area contributed by atoms with Crippen molar-refractivity contribution >= 4 is 17.3 Å². The van der Waals surface area contributed by atoms with Crippen LogP contribution in [0.1, 0.15) is 41.5 Å². The summed E-state index contributed by atoms with van der Waals surface area (Å²) in [6.45, 7) is 12.9. The summed E-state index contributed by atoms with van der Waals surface area (Å²) >= 11 is 1.77. The predicted molar refractivity (Wildman–Crippen MR) is 55.6 cm³/mol. The van der Waals surface area contributed by atoms with Gasteiger partial charge in [-0.2, -0.15) is 0 Å². The van der Waals surface area contributed by atoms with Gasteiger partial charge in [-0.1, -0.05) is 20.8 Å². The van der Waals surface area contributed by atoms with E-state index in [-0.39, 0.29) is 10.3 Å². The Labute approximate surface area is 74.7 Å². The standard InChI is InChI=1S/C9H19NS/c1-8(2,3)10-7-11-9(4,5)6/h7H,1-6H3/b10-7-. The molecule has 0 aromatic carbocycles. The molecule has 0 radical (unpaired) electrons. The van der Waals surface area contributed by atoms with Gasteiger partial charge in [-0.15, -0.1) is 11.8 Å². The van der Waals surface area contributed by atoms with Gasteiger partial charge in [0.05, 0.1) is 11.1 Å². The molecule has 0 N–H and O–H groups in total. The van der Waals surface area contributed by atoms with E-state index < -0.39 is 0 Å². The topological polar surface area (TPSA) is 12.4 Å². The quantitative estimate of drug-likeness (QED) is 0.437. The van der Waals surface area contributed by atoms with Crippen molar-refractivity contribution < 1.29 is 0 Å². The Kier molecular flexibility index (Phi) is 3.62. The molecule has 0 aliphatic carbocycles. The zero-order valence-corrected chi connectivity index (χ0v) is 9.25. The lowest BCUT2D eigenvalue weighted by atomic mass is 10.1. The van der Waals surface area contributed by atoms with Crippen molar-refractivity contribution in [2.45, 2.75) is 51.8 Å². The first-order valence-electron chi connectivity index (χ1n) is 3.92. The van der Waals surface area contributed by atoms with Crippen molar-refractivity contribution in [1.82, 2.24) is 0 Å². The molecule has 0 aliphatic heterocycles. The molecule has 0 aromatic rings. The van der Waals surface area contributed by atoms with Gasteiger partial charge >= 0.3 is 0 Å². The van der Waals surface area contributed by atoms with E-state index in [9.17, 15) is 0 Å². The monoisotopic (exact) mass is 173 g/mol. The maximum Gasteiger partial charge on any atom is 0.0552 e. The molecular weight excluding hydrogens is 154 g/mol. The van der Waals surface area contributed by atoms with Crippen LogP contribution in [0.4, 0.5) is 0 Å². The molecular formula is C9H19NS. The van der Waals surface area contributed by atoms with Gasteiger partial charge in [-0.05, 0) is 20.8 Å². The summed E-state index contributed by atoms with van der Waals surface area (Å²) in [5.41, 5.74) is 2.03. The summed E-state index contributed by atoms with van der Waals surface area (Å²) in [4.78, 5) is 4.38. The molecule has 1 nitrogen and oxygen atoms in total. The molecule has 0 atom stereocenters. The normalized spacial score (nSPS) is 14.4. The Bertz CT molecular complexity index is 137. The summed E-state index contributed by atoms with van der Waals surface area (Å²) in [5, 5.41) is 0. The van der Waals surface area contributed by atoms with Crippen molar-refractivity contribution in [1.29, 1.82) is 0 Å². The van der Waals surface area contributed by atoms with Crippen LogP contribution >= 0.6 is 11.8 Å². The van der Waals surface area contributed by atoms with Crippen LogP contribution in [0.3, 0.4) is 0 Å². The number of hydrogen-bond donors (Lipinski definition) is 0. The first kappa shape index (κ1) is 11.0. The number of aliphatic imine (C=N–C) groups is 1. The molecule has 0 saturated carbocycles. The molecule has 2 heteroatoms. The minimum absolute atomic E-state index is 0.0677. The molecule has 0 amide bonds. The lowest BCUT2D eigenvalue weighted by molar-refractivity contribution is 0.588. The van der Waals surface area contributed by atoms with Crippen LogP contribution in [0.5, 0.6) is 0 Å². The zero-order valence-electron chi connectivity index (χ0n) is 8.43. The highest BCUT2D eigenvalue weighted by atomic mass is 32.2. The molecule has 0 saturated heterocycles. The highest BCUT2D eigenvalue weighted by molar-refractivity contribution is 8.13. The largest absolute Gasteiger partial charge is 0.281 e. The van der Waals surface area contributed by atoms with E-state index in [0.717, 1.165) is 0 Å². The maximum atomic E-state index is 4.38. The van der Waals surface area contributed by atoms with Gasteiger partial charge in [0, 0.05) is 4.75 Å². The third kappa shape index (κ3) is 10.0. The average molecular weight is 173 g/mol. The first-order chi connectivity index (χ1) is 4.71. The Hall–Kier alpha value is 0.0200. The van der Waals surface area contributed by atoms with Crippen molar-refractivity contribution in [3.05, 3.63) is 0 Å². The van der Waals surface area contributed by atoms with Crippen LogP contribution in [-0.4, -0.2) is 15.8 Å². The van der Waals surface area contributed by atoms with Gasteiger partial charge in [-0.3, -0.25) is 4.99 Å². The van der Waals surface area contributed by atoms with Gasteiger partial charge in [0.2, 0.25) is 0 Å². The van der Waals surface area contributed by atoms with Crippen molar-refractivity contribution in [3.8, 4) is 0 Å². The second-order valence-corrected chi connectivity index (χ2v) is 6.31. The van der Waals surface area contributed by atoms with E-state index in [1.807, 2.05) is 5.55 Å². The number of hydrogen-bond acceptors (Lipinski definition) is 2. The molecule has 66 valence electrons. The van der Waals surface area contributed by atoms with E-state index >= 15 is 0 Å². The maximum absolute atomic E-state index is 4.38. The van der Waals surface area contributed by atoms with Gasteiger partial charge in [0.15, 0.2) is 0 Å². The van der Waals surface area contributed by atoms with E-state index in [1.54, 1.807) is 11.8 Å². The van der Waals surface area contributed by atoms with Gasteiger partial charge in [-0.25, -0.2) is 0 Å². The van der Waals surface area contributed by atoms with Crippen LogP contribution in [0.2, 0.25) is 0 Å². The summed E-state index contributed by atoms with van der Waals surface area (Å²) in [6, 6.07) is 0. The third-order valence-corrected chi connectivity index (χ3v) is 1.76. The highest BCUT2D eigenvalue weighted by Crippen LogP contribution is 2.21. The molecule has 0 spiro atoms. The minimum Gasteiger partial charge on any atom is -0.281 e. The van der Waals surface area contributed by atoms with E-state index in [4.69, 9.17) is 0 Å². The fourth-order valence-corrected chi connectivity index (χ4v) is 1.03. The van der Waals surface area contributed by atoms with Crippen LogP contribution in [0.15, 0.2) is 4.99 Å². The van der Waals surface area contributed by atoms with Crippen LogP contribution in [-0.2, 0) is 0 Å². The molecule has 0 aromatic heterocycles. The van der Waals surface area contributed by atoms with E-state index in [0.29, 0.717) is 0 Å². The predicted octanol–water partition coefficient (Wildman–Crippen LogP) is 3.34. The fourth-order valence-electron chi connectivity index (χ4n) is 0.343. The molecule has 0 fully saturated rings. The Balaban J connectivity index is 3.80. The molecule has 0 rings (SSSR count). The summed E-state index contributed by atoms with van der Waals surface area (Å²) in [5.74, 6) is 0. The molecule has 0 heterocycles. The average Bonchev–Trinajstić information content (AvgIpc) is 1.55. The third-order valence-electron chi connectivity index (χ3n) is 0.846. The Morgan fingerprint density at radius 2 is 1.45 bits per heavy atom. The second-order valence-electron chi connectivity index (χ2n) is 4.64. The smallest absolute Gasteiger partial charge is 0.0552 e. The number of nitrogens with zero attached hydrogens (tertiary/aromatic N) is 1. The lowest BCUT2D eigenvalue weighted by Crippen LogP contribution is -2.11. The number of thioether (sulfide) groups is 1. The van der Waals surface area contributed by atoms with Crippen molar-refractivity contribution in [2.75, 3.05) is 0 Å². The van der Waals surface area contributed by atoms with Gasteiger partial charge in [0.25, 0.3) is 0 Å². The van der Waals surface area contributed by atoms with E-state index in [2.05, 4.69) is 46.5 Å². The van der Waals surface area contributed by atoms with Crippen molar-refractivity contribution in [3.63, 3.8) is 0 Å². The van der Waals surface area contributed by atoms with Gasteiger partial charge in [0.1, 0.15) is 0 Å². The molecule has 0 bridgehead atoms. The Morgan fingerprint density at radius 1 is 1.00 bits per heavy atom. The minimum atomic E-state index is 0.0677. The molecule has 11 heavy (non-hydrogen) atoms. The Morgan fingerprint density at radius 3 is 1.73 bits per heavy atom. The first-order valence-corrected chi connectivity index (χ1v) is 4.80. The SMILES string of the molecule is CC(C)(C)/N=C\SC(C)(C)C. The van der Waals surface area contributed by atoms with Crippen LogP contribution in [0.25, 0.3) is 0 Å².